The lowest BCUT2D eigenvalue weighted by atomic mass is 10.1. The zero-order valence-corrected chi connectivity index (χ0v) is 18.8. The van der Waals surface area contributed by atoms with Crippen molar-refractivity contribution in [3.63, 3.8) is 0 Å². The standard InChI is InChI=1S/C24H24N4O3S/c1-16-8-9-21-22(17(16)2)26-24(32-21)28(12-5-11-27-13-10-25-15-27)23(29)20-14-30-18-6-3-4-7-19(18)31-20/h3-4,6-10,13,15,20H,5,11-12,14H2,1-2H3. The molecule has 1 amide bonds. The van der Waals surface area contributed by atoms with E-state index in [0.717, 1.165) is 28.7 Å². The van der Waals surface area contributed by atoms with E-state index in [1.54, 1.807) is 17.4 Å². The zero-order chi connectivity index (χ0) is 22.1. The van der Waals surface area contributed by atoms with E-state index in [0.29, 0.717) is 23.2 Å². The summed E-state index contributed by atoms with van der Waals surface area (Å²) in [5, 5.41) is 0.687. The van der Waals surface area contributed by atoms with Gasteiger partial charge in [-0.15, -0.1) is 0 Å². The van der Waals surface area contributed by atoms with Gasteiger partial charge in [-0.1, -0.05) is 29.5 Å². The normalized spacial score (nSPS) is 15.1. The average molecular weight is 449 g/mol. The maximum Gasteiger partial charge on any atom is 0.273 e. The molecule has 0 fully saturated rings. The molecule has 0 N–H and O–H groups in total. The molecule has 4 aromatic rings. The molecule has 2 aromatic carbocycles. The third-order valence-electron chi connectivity index (χ3n) is 5.71. The van der Waals surface area contributed by atoms with Gasteiger partial charge >= 0.3 is 0 Å². The quantitative estimate of drug-likeness (QED) is 0.438. The highest BCUT2D eigenvalue weighted by molar-refractivity contribution is 7.22. The van der Waals surface area contributed by atoms with Gasteiger partial charge in [0.1, 0.15) is 6.61 Å². The number of aromatic nitrogens is 3. The van der Waals surface area contributed by atoms with Crippen molar-refractivity contribution >= 4 is 32.6 Å². The summed E-state index contributed by atoms with van der Waals surface area (Å²) in [6, 6.07) is 11.6. The summed E-state index contributed by atoms with van der Waals surface area (Å²) in [5.74, 6) is 1.11. The second-order valence-electron chi connectivity index (χ2n) is 7.86. The molecule has 2 aromatic heterocycles. The first-order valence-corrected chi connectivity index (χ1v) is 11.4. The van der Waals surface area contributed by atoms with Gasteiger partial charge in [0.25, 0.3) is 5.91 Å². The van der Waals surface area contributed by atoms with Gasteiger partial charge in [0.05, 0.1) is 16.5 Å². The van der Waals surface area contributed by atoms with Gasteiger partial charge in [-0.05, 0) is 49.6 Å². The Hall–Kier alpha value is -3.39. The Morgan fingerprint density at radius 1 is 1.22 bits per heavy atom. The van der Waals surface area contributed by atoms with Crippen LogP contribution in [0.4, 0.5) is 5.13 Å². The summed E-state index contributed by atoms with van der Waals surface area (Å²) in [4.78, 5) is 24.3. The lowest BCUT2D eigenvalue weighted by Crippen LogP contribution is -2.47. The fourth-order valence-electron chi connectivity index (χ4n) is 3.78. The molecule has 1 atom stereocenters. The third-order valence-corrected chi connectivity index (χ3v) is 6.76. The van der Waals surface area contributed by atoms with Gasteiger partial charge in [-0.25, -0.2) is 9.97 Å². The van der Waals surface area contributed by atoms with Crippen LogP contribution in [0.5, 0.6) is 11.5 Å². The van der Waals surface area contributed by atoms with Crippen molar-refractivity contribution in [1.29, 1.82) is 0 Å². The van der Waals surface area contributed by atoms with E-state index in [2.05, 4.69) is 31.0 Å². The first kappa shape index (κ1) is 20.5. The number of rotatable bonds is 6. The smallest absolute Gasteiger partial charge is 0.273 e. The van der Waals surface area contributed by atoms with Gasteiger partial charge in [0, 0.05) is 25.5 Å². The Morgan fingerprint density at radius 3 is 2.88 bits per heavy atom. The molecule has 164 valence electrons. The van der Waals surface area contributed by atoms with Crippen molar-refractivity contribution < 1.29 is 14.3 Å². The molecule has 5 rings (SSSR count). The predicted molar refractivity (Wildman–Crippen MR) is 125 cm³/mol. The minimum atomic E-state index is -0.715. The van der Waals surface area contributed by atoms with Crippen molar-refractivity contribution in [3.8, 4) is 11.5 Å². The van der Waals surface area contributed by atoms with Crippen molar-refractivity contribution in [2.24, 2.45) is 0 Å². The van der Waals surface area contributed by atoms with E-state index in [1.807, 2.05) is 35.0 Å². The molecular formula is C24H24N4O3S. The third kappa shape index (κ3) is 3.93. The van der Waals surface area contributed by atoms with Crippen LogP contribution in [0.2, 0.25) is 0 Å². The van der Waals surface area contributed by atoms with Crippen molar-refractivity contribution in [1.82, 2.24) is 14.5 Å². The van der Waals surface area contributed by atoms with Crippen LogP contribution in [0.1, 0.15) is 17.5 Å². The summed E-state index contributed by atoms with van der Waals surface area (Å²) < 4.78 is 14.9. The molecule has 1 aliphatic heterocycles. The number of imidazole rings is 1. The number of fused-ring (bicyclic) bond motifs is 2. The first-order chi connectivity index (χ1) is 15.6. The summed E-state index contributed by atoms with van der Waals surface area (Å²) in [5.41, 5.74) is 3.28. The molecule has 0 bridgehead atoms. The Balaban J connectivity index is 1.43. The van der Waals surface area contributed by atoms with E-state index < -0.39 is 6.10 Å². The van der Waals surface area contributed by atoms with Gasteiger partial charge in [0.2, 0.25) is 6.10 Å². The molecule has 3 heterocycles. The number of thiazole rings is 1. The minimum Gasteiger partial charge on any atom is -0.485 e. The SMILES string of the molecule is Cc1ccc2sc(N(CCCn3ccnc3)C(=O)C3COc4ccccc4O3)nc2c1C. The molecule has 32 heavy (non-hydrogen) atoms. The van der Waals surface area contributed by atoms with Crippen LogP contribution in [-0.2, 0) is 11.3 Å². The lowest BCUT2D eigenvalue weighted by molar-refractivity contribution is -0.127. The second-order valence-corrected chi connectivity index (χ2v) is 8.87. The van der Waals surface area contributed by atoms with Crippen LogP contribution in [0.3, 0.4) is 0 Å². The van der Waals surface area contributed by atoms with Crippen molar-refractivity contribution in [3.05, 3.63) is 66.2 Å². The number of benzene rings is 2. The highest BCUT2D eigenvalue weighted by Gasteiger charge is 2.33. The Labute approximate surface area is 190 Å². The molecule has 8 heteroatoms. The van der Waals surface area contributed by atoms with E-state index in [9.17, 15) is 4.79 Å². The number of hydrogen-bond donors (Lipinski definition) is 0. The van der Waals surface area contributed by atoms with E-state index >= 15 is 0 Å². The molecule has 1 unspecified atom stereocenters. The van der Waals surface area contributed by atoms with Gasteiger partial charge in [0.15, 0.2) is 16.6 Å². The highest BCUT2D eigenvalue weighted by atomic mass is 32.1. The van der Waals surface area contributed by atoms with Gasteiger partial charge in [-0.3, -0.25) is 9.69 Å². The number of nitrogens with zero attached hydrogens (tertiary/aromatic N) is 4. The topological polar surface area (TPSA) is 69.5 Å². The molecule has 0 radical (unpaired) electrons. The fraction of sp³-hybridized carbons (Fsp3) is 0.292. The van der Waals surface area contributed by atoms with Crippen molar-refractivity contribution in [2.75, 3.05) is 18.1 Å². The van der Waals surface area contributed by atoms with Crippen molar-refractivity contribution in [2.45, 2.75) is 32.9 Å². The summed E-state index contributed by atoms with van der Waals surface area (Å²) in [6.45, 7) is 5.61. The molecule has 0 aliphatic carbocycles. The van der Waals surface area contributed by atoms with Gasteiger partial charge < -0.3 is 14.0 Å². The van der Waals surface area contributed by atoms with Crippen LogP contribution in [-0.4, -0.2) is 39.7 Å². The lowest BCUT2D eigenvalue weighted by Gasteiger charge is -2.29. The monoisotopic (exact) mass is 448 g/mol. The number of ether oxygens (including phenoxy) is 2. The number of carbonyl (C=O) groups is 1. The highest BCUT2D eigenvalue weighted by Crippen LogP contribution is 2.34. The second kappa shape index (κ2) is 8.63. The van der Waals surface area contributed by atoms with Crippen LogP contribution in [0, 0.1) is 13.8 Å². The number of para-hydroxylation sites is 2. The molecule has 0 saturated carbocycles. The maximum absolute atomic E-state index is 13.6. The minimum absolute atomic E-state index is 0.140. The number of anilines is 1. The van der Waals surface area contributed by atoms with Crippen LogP contribution < -0.4 is 14.4 Å². The summed E-state index contributed by atoms with van der Waals surface area (Å²) in [7, 11) is 0. The molecule has 1 aliphatic rings. The molecule has 7 nitrogen and oxygen atoms in total. The number of hydrogen-bond acceptors (Lipinski definition) is 6. The number of aryl methyl sites for hydroxylation is 3. The zero-order valence-electron chi connectivity index (χ0n) is 18.0. The Kier molecular flexibility index (Phi) is 5.53. The molecular weight excluding hydrogens is 424 g/mol. The number of carbonyl (C=O) groups excluding carboxylic acids is 1. The van der Waals surface area contributed by atoms with Crippen LogP contribution in [0.15, 0.2) is 55.1 Å². The van der Waals surface area contributed by atoms with Crippen LogP contribution >= 0.6 is 11.3 Å². The van der Waals surface area contributed by atoms with Crippen LogP contribution in [0.25, 0.3) is 10.2 Å². The Bertz CT molecular complexity index is 1250. The summed E-state index contributed by atoms with van der Waals surface area (Å²) >= 11 is 1.53. The summed E-state index contributed by atoms with van der Waals surface area (Å²) in [6.07, 6.45) is 5.51. The fourth-order valence-corrected chi connectivity index (χ4v) is 4.83. The first-order valence-electron chi connectivity index (χ1n) is 10.6. The Morgan fingerprint density at radius 2 is 2.06 bits per heavy atom. The molecule has 0 spiro atoms. The number of amides is 1. The maximum atomic E-state index is 13.6. The predicted octanol–water partition coefficient (Wildman–Crippen LogP) is 4.37. The van der Waals surface area contributed by atoms with E-state index in [1.165, 1.54) is 16.9 Å². The van der Waals surface area contributed by atoms with E-state index in [4.69, 9.17) is 14.5 Å². The molecule has 0 saturated heterocycles. The largest absolute Gasteiger partial charge is 0.485 e. The van der Waals surface area contributed by atoms with Gasteiger partial charge in [-0.2, -0.15) is 0 Å². The average Bonchev–Trinajstić information content (AvgIpc) is 3.49. The van der Waals surface area contributed by atoms with E-state index in [-0.39, 0.29) is 12.5 Å².